The van der Waals surface area contributed by atoms with Crippen molar-refractivity contribution >= 4 is 5.91 Å². The molecular formula is C12H14F3NO. The number of nitrogens with one attached hydrogen (secondary N) is 1. The molecule has 5 heteroatoms. The van der Waals surface area contributed by atoms with E-state index in [1.54, 1.807) is 30.3 Å². The summed E-state index contributed by atoms with van der Waals surface area (Å²) >= 11 is 0. The third kappa shape index (κ3) is 5.38. The molecule has 1 aromatic carbocycles. The summed E-state index contributed by atoms with van der Waals surface area (Å²) in [6, 6.07) is 8.07. The Kier molecular flexibility index (Phi) is 4.54. The summed E-state index contributed by atoms with van der Waals surface area (Å²) < 4.78 is 36.5. The molecule has 1 aromatic rings. The predicted octanol–water partition coefficient (Wildman–Crippen LogP) is 3.21. The van der Waals surface area contributed by atoms with Gasteiger partial charge in [-0.2, -0.15) is 13.2 Å². The second-order valence-corrected chi connectivity index (χ2v) is 3.82. The third-order valence-electron chi connectivity index (χ3n) is 2.30. The van der Waals surface area contributed by atoms with Crippen molar-refractivity contribution in [2.45, 2.75) is 32.0 Å². The summed E-state index contributed by atoms with van der Waals surface area (Å²) in [6.45, 7) is 1.30. The van der Waals surface area contributed by atoms with E-state index in [1.165, 1.54) is 6.92 Å². The Morgan fingerprint density at radius 2 is 1.88 bits per heavy atom. The van der Waals surface area contributed by atoms with Gasteiger partial charge in [-0.05, 0) is 12.0 Å². The van der Waals surface area contributed by atoms with Gasteiger partial charge in [-0.1, -0.05) is 30.3 Å². The van der Waals surface area contributed by atoms with E-state index in [2.05, 4.69) is 5.32 Å². The summed E-state index contributed by atoms with van der Waals surface area (Å²) in [5.74, 6) is -0.332. The summed E-state index contributed by atoms with van der Waals surface area (Å²) in [6.07, 6.45) is -5.26. The highest BCUT2D eigenvalue weighted by atomic mass is 19.4. The maximum atomic E-state index is 12.2. The largest absolute Gasteiger partial charge is 0.389 e. The molecule has 0 radical (unpaired) electrons. The Labute approximate surface area is 97.8 Å². The van der Waals surface area contributed by atoms with E-state index >= 15 is 0 Å². The first-order valence-electron chi connectivity index (χ1n) is 5.27. The van der Waals surface area contributed by atoms with Crippen molar-refractivity contribution < 1.29 is 18.0 Å². The molecule has 1 N–H and O–H groups in total. The molecule has 1 rings (SSSR count). The van der Waals surface area contributed by atoms with Crippen LogP contribution in [0.2, 0.25) is 0 Å². The molecule has 0 fully saturated rings. The topological polar surface area (TPSA) is 29.1 Å². The average Bonchev–Trinajstić information content (AvgIpc) is 2.24. The molecule has 1 amide bonds. The lowest BCUT2D eigenvalue weighted by atomic mass is 10.0. The molecule has 2 nitrogen and oxygen atoms in total. The van der Waals surface area contributed by atoms with Crippen LogP contribution >= 0.6 is 0 Å². The zero-order valence-corrected chi connectivity index (χ0v) is 9.42. The Hall–Kier alpha value is -1.52. The van der Waals surface area contributed by atoms with Crippen LogP contribution in [0.25, 0.3) is 0 Å². The quantitative estimate of drug-likeness (QED) is 0.867. The van der Waals surface area contributed by atoms with Crippen molar-refractivity contribution in [1.82, 2.24) is 5.32 Å². The van der Waals surface area contributed by atoms with Crippen molar-refractivity contribution in [3.63, 3.8) is 0 Å². The fourth-order valence-electron chi connectivity index (χ4n) is 1.56. The summed E-state index contributed by atoms with van der Waals surface area (Å²) in [4.78, 5) is 11.0. The Balaban J connectivity index is 2.71. The number of halogens is 3. The smallest absolute Gasteiger partial charge is 0.350 e. The minimum absolute atomic E-state index is 0.146. The van der Waals surface area contributed by atoms with E-state index < -0.39 is 18.6 Å². The first-order valence-corrected chi connectivity index (χ1v) is 5.27. The van der Waals surface area contributed by atoms with Crippen LogP contribution in [-0.4, -0.2) is 12.1 Å². The molecule has 94 valence electrons. The number of alkyl halides is 3. The first-order chi connectivity index (χ1) is 7.88. The van der Waals surface area contributed by atoms with Gasteiger partial charge in [0.05, 0.1) is 6.04 Å². The normalized spacial score (nSPS) is 13.2. The molecular weight excluding hydrogens is 231 g/mol. The highest BCUT2D eigenvalue weighted by Crippen LogP contribution is 2.27. The number of rotatable bonds is 4. The van der Waals surface area contributed by atoms with Gasteiger partial charge in [0, 0.05) is 13.3 Å². The number of hydrogen-bond acceptors (Lipinski definition) is 1. The van der Waals surface area contributed by atoms with E-state index in [1.807, 2.05) is 0 Å². The molecule has 0 saturated heterocycles. The highest BCUT2D eigenvalue weighted by Gasteiger charge is 2.28. The fraction of sp³-hybridized carbons (Fsp3) is 0.417. The van der Waals surface area contributed by atoms with Crippen LogP contribution in [0.3, 0.4) is 0 Å². The second kappa shape index (κ2) is 5.70. The molecule has 0 aliphatic rings. The van der Waals surface area contributed by atoms with Crippen LogP contribution in [0, 0.1) is 0 Å². The number of amides is 1. The van der Waals surface area contributed by atoms with Crippen LogP contribution in [0.15, 0.2) is 30.3 Å². The van der Waals surface area contributed by atoms with E-state index in [4.69, 9.17) is 0 Å². The van der Waals surface area contributed by atoms with Gasteiger partial charge in [0.1, 0.15) is 0 Å². The van der Waals surface area contributed by atoms with Crippen LogP contribution < -0.4 is 5.32 Å². The number of carbonyl (C=O) groups excluding carboxylic acids is 1. The van der Waals surface area contributed by atoms with Crippen molar-refractivity contribution in [2.75, 3.05) is 0 Å². The van der Waals surface area contributed by atoms with Gasteiger partial charge in [0.25, 0.3) is 0 Å². The maximum absolute atomic E-state index is 12.2. The van der Waals surface area contributed by atoms with Crippen LogP contribution in [-0.2, 0) is 4.79 Å². The summed E-state index contributed by atoms with van der Waals surface area (Å²) in [5.41, 5.74) is 0.687. The van der Waals surface area contributed by atoms with Gasteiger partial charge in [-0.15, -0.1) is 0 Å². The van der Waals surface area contributed by atoms with Crippen molar-refractivity contribution in [1.29, 1.82) is 0 Å². The van der Waals surface area contributed by atoms with Crippen LogP contribution in [0.5, 0.6) is 0 Å². The second-order valence-electron chi connectivity index (χ2n) is 3.82. The van der Waals surface area contributed by atoms with Crippen molar-refractivity contribution in [3.05, 3.63) is 35.9 Å². The molecule has 0 saturated carbocycles. The number of hydrogen-bond donors (Lipinski definition) is 1. The van der Waals surface area contributed by atoms with E-state index in [0.29, 0.717) is 5.56 Å². The minimum atomic E-state index is -4.20. The molecule has 0 bridgehead atoms. The molecule has 0 aliphatic carbocycles. The number of carbonyl (C=O) groups is 1. The van der Waals surface area contributed by atoms with Gasteiger partial charge >= 0.3 is 6.18 Å². The SMILES string of the molecule is CC(=O)NC(CCC(F)(F)F)c1ccccc1. The standard InChI is InChI=1S/C12H14F3NO/c1-9(17)16-11(7-8-12(13,14)15)10-5-3-2-4-6-10/h2-6,11H,7-8H2,1H3,(H,16,17). The van der Waals surface area contributed by atoms with Crippen LogP contribution in [0.1, 0.15) is 31.4 Å². The molecule has 1 unspecified atom stereocenters. The molecule has 17 heavy (non-hydrogen) atoms. The van der Waals surface area contributed by atoms with Gasteiger partial charge in [-0.25, -0.2) is 0 Å². The van der Waals surface area contributed by atoms with Crippen molar-refractivity contribution in [2.24, 2.45) is 0 Å². The summed E-state index contributed by atoms with van der Waals surface area (Å²) in [7, 11) is 0. The molecule has 1 atom stereocenters. The monoisotopic (exact) mass is 245 g/mol. The Morgan fingerprint density at radius 3 is 2.35 bits per heavy atom. The average molecular weight is 245 g/mol. The predicted molar refractivity (Wildman–Crippen MR) is 58.3 cm³/mol. The molecule has 0 aliphatic heterocycles. The van der Waals surface area contributed by atoms with Gasteiger partial charge < -0.3 is 5.32 Å². The van der Waals surface area contributed by atoms with Gasteiger partial charge in [0.15, 0.2) is 0 Å². The van der Waals surface area contributed by atoms with Gasteiger partial charge in [0.2, 0.25) is 5.91 Å². The van der Waals surface area contributed by atoms with E-state index in [0.717, 1.165) is 0 Å². The maximum Gasteiger partial charge on any atom is 0.389 e. The summed E-state index contributed by atoms with van der Waals surface area (Å²) in [5, 5.41) is 2.53. The highest BCUT2D eigenvalue weighted by molar-refractivity contribution is 5.73. The minimum Gasteiger partial charge on any atom is -0.350 e. The molecule has 0 heterocycles. The van der Waals surface area contributed by atoms with Crippen LogP contribution in [0.4, 0.5) is 13.2 Å². The van der Waals surface area contributed by atoms with E-state index in [9.17, 15) is 18.0 Å². The first kappa shape index (κ1) is 13.5. The number of benzene rings is 1. The lowest BCUT2D eigenvalue weighted by Gasteiger charge is -2.19. The molecule has 0 aromatic heterocycles. The molecule has 0 spiro atoms. The fourth-order valence-corrected chi connectivity index (χ4v) is 1.56. The van der Waals surface area contributed by atoms with E-state index in [-0.39, 0.29) is 12.3 Å². The van der Waals surface area contributed by atoms with Gasteiger partial charge in [-0.3, -0.25) is 4.79 Å². The lowest BCUT2D eigenvalue weighted by molar-refractivity contribution is -0.138. The zero-order valence-electron chi connectivity index (χ0n) is 9.42. The Bertz CT molecular complexity index is 362. The Morgan fingerprint density at radius 1 is 1.29 bits per heavy atom. The van der Waals surface area contributed by atoms with Crippen molar-refractivity contribution in [3.8, 4) is 0 Å². The lowest BCUT2D eigenvalue weighted by Crippen LogP contribution is -2.27. The zero-order chi connectivity index (χ0) is 12.9. The third-order valence-corrected chi connectivity index (χ3v) is 2.30.